The van der Waals surface area contributed by atoms with Crippen molar-refractivity contribution in [1.82, 2.24) is 19.9 Å². The molecule has 1 aliphatic rings. The van der Waals surface area contributed by atoms with Crippen LogP contribution in [0.4, 0.5) is 5.82 Å². The SMILES string of the molecule is CCc1cc(N2CCC(NC(C)=O)C2)n2nc(C)c(C)c2n1. The van der Waals surface area contributed by atoms with Gasteiger partial charge in [-0.2, -0.15) is 9.61 Å². The van der Waals surface area contributed by atoms with E-state index in [2.05, 4.69) is 35.2 Å². The fourth-order valence-corrected chi connectivity index (χ4v) is 3.04. The average molecular weight is 301 g/mol. The van der Waals surface area contributed by atoms with Gasteiger partial charge in [-0.3, -0.25) is 4.79 Å². The van der Waals surface area contributed by atoms with E-state index in [-0.39, 0.29) is 11.9 Å². The minimum absolute atomic E-state index is 0.0340. The van der Waals surface area contributed by atoms with E-state index in [1.807, 2.05) is 11.4 Å². The van der Waals surface area contributed by atoms with Crippen LogP contribution in [0.25, 0.3) is 5.65 Å². The van der Waals surface area contributed by atoms with Gasteiger partial charge < -0.3 is 10.2 Å². The van der Waals surface area contributed by atoms with Crippen LogP contribution in [0.15, 0.2) is 6.07 Å². The summed E-state index contributed by atoms with van der Waals surface area (Å²) in [6.45, 7) is 9.51. The van der Waals surface area contributed by atoms with Gasteiger partial charge in [-0.1, -0.05) is 6.92 Å². The number of hydrogen-bond donors (Lipinski definition) is 1. The molecule has 0 saturated carbocycles. The molecule has 3 rings (SSSR count). The van der Waals surface area contributed by atoms with Crippen molar-refractivity contribution in [1.29, 1.82) is 0 Å². The van der Waals surface area contributed by atoms with Crippen molar-refractivity contribution >= 4 is 17.4 Å². The summed E-state index contributed by atoms with van der Waals surface area (Å²) in [7, 11) is 0. The molecule has 1 saturated heterocycles. The third-order valence-corrected chi connectivity index (χ3v) is 4.37. The number of aryl methyl sites for hydroxylation is 3. The van der Waals surface area contributed by atoms with Crippen LogP contribution in [0.5, 0.6) is 0 Å². The van der Waals surface area contributed by atoms with Crippen LogP contribution in [0, 0.1) is 13.8 Å². The quantitative estimate of drug-likeness (QED) is 0.936. The second-order valence-electron chi connectivity index (χ2n) is 6.04. The third kappa shape index (κ3) is 2.53. The van der Waals surface area contributed by atoms with Gasteiger partial charge in [0.15, 0.2) is 5.65 Å². The molecule has 6 heteroatoms. The minimum Gasteiger partial charge on any atom is -0.354 e. The molecular formula is C16H23N5O. The Morgan fingerprint density at radius 3 is 2.91 bits per heavy atom. The Bertz CT molecular complexity index is 721. The van der Waals surface area contributed by atoms with Crippen molar-refractivity contribution in [3.63, 3.8) is 0 Å². The number of anilines is 1. The lowest BCUT2D eigenvalue weighted by atomic mass is 10.2. The van der Waals surface area contributed by atoms with Gasteiger partial charge in [0.25, 0.3) is 0 Å². The fourth-order valence-electron chi connectivity index (χ4n) is 3.04. The monoisotopic (exact) mass is 301 g/mol. The number of nitrogens with zero attached hydrogens (tertiary/aromatic N) is 4. The number of rotatable bonds is 3. The summed E-state index contributed by atoms with van der Waals surface area (Å²) >= 11 is 0. The summed E-state index contributed by atoms with van der Waals surface area (Å²) in [6, 6.07) is 2.33. The van der Waals surface area contributed by atoms with Gasteiger partial charge in [0.05, 0.1) is 5.69 Å². The lowest BCUT2D eigenvalue weighted by Gasteiger charge is -2.20. The summed E-state index contributed by atoms with van der Waals surface area (Å²) in [4.78, 5) is 18.3. The van der Waals surface area contributed by atoms with Gasteiger partial charge in [0.1, 0.15) is 5.82 Å². The predicted octanol–water partition coefficient (Wildman–Crippen LogP) is 1.62. The van der Waals surface area contributed by atoms with Gasteiger partial charge in [-0.05, 0) is 26.7 Å². The zero-order valence-electron chi connectivity index (χ0n) is 13.7. The first-order valence-electron chi connectivity index (χ1n) is 7.87. The number of carbonyl (C=O) groups is 1. The lowest BCUT2D eigenvalue weighted by Crippen LogP contribution is -2.36. The highest BCUT2D eigenvalue weighted by molar-refractivity contribution is 5.73. The standard InChI is InChI=1S/C16H23N5O/c1-5-13-8-15(20-7-6-14(9-20)17-12(4)22)21-16(18-13)10(2)11(3)19-21/h8,14H,5-7,9H2,1-4H3,(H,17,22). The second kappa shape index (κ2) is 5.59. The molecule has 1 amide bonds. The molecule has 2 aromatic rings. The van der Waals surface area contributed by atoms with E-state index in [4.69, 9.17) is 4.98 Å². The molecule has 1 atom stereocenters. The van der Waals surface area contributed by atoms with Gasteiger partial charge in [-0.25, -0.2) is 4.98 Å². The number of carbonyl (C=O) groups excluding carboxylic acids is 1. The highest BCUT2D eigenvalue weighted by atomic mass is 16.1. The van der Waals surface area contributed by atoms with Gasteiger partial charge >= 0.3 is 0 Å². The van der Waals surface area contributed by atoms with Crippen molar-refractivity contribution < 1.29 is 4.79 Å². The first-order valence-corrected chi connectivity index (χ1v) is 7.87. The van der Waals surface area contributed by atoms with Crippen LogP contribution in [0.1, 0.15) is 37.2 Å². The van der Waals surface area contributed by atoms with E-state index < -0.39 is 0 Å². The Labute approximate surface area is 130 Å². The van der Waals surface area contributed by atoms with E-state index in [0.717, 1.165) is 54.3 Å². The summed E-state index contributed by atoms with van der Waals surface area (Å²) in [6.07, 6.45) is 1.86. The molecule has 0 aromatic carbocycles. The molecule has 1 N–H and O–H groups in total. The van der Waals surface area contributed by atoms with Crippen LogP contribution in [0.2, 0.25) is 0 Å². The zero-order chi connectivity index (χ0) is 15.9. The molecule has 6 nitrogen and oxygen atoms in total. The van der Waals surface area contributed by atoms with Crippen LogP contribution in [-0.2, 0) is 11.2 Å². The summed E-state index contributed by atoms with van der Waals surface area (Å²) in [5, 5.41) is 7.65. The summed E-state index contributed by atoms with van der Waals surface area (Å²) in [5.74, 6) is 1.11. The lowest BCUT2D eigenvalue weighted by molar-refractivity contribution is -0.119. The summed E-state index contributed by atoms with van der Waals surface area (Å²) < 4.78 is 1.94. The van der Waals surface area contributed by atoms with E-state index in [0.29, 0.717) is 0 Å². The van der Waals surface area contributed by atoms with E-state index >= 15 is 0 Å². The Kier molecular flexibility index (Phi) is 3.76. The highest BCUT2D eigenvalue weighted by Gasteiger charge is 2.26. The zero-order valence-corrected chi connectivity index (χ0v) is 13.7. The number of hydrogen-bond acceptors (Lipinski definition) is 4. The third-order valence-electron chi connectivity index (χ3n) is 4.37. The largest absolute Gasteiger partial charge is 0.354 e. The molecule has 1 unspecified atom stereocenters. The molecule has 22 heavy (non-hydrogen) atoms. The Morgan fingerprint density at radius 2 is 2.23 bits per heavy atom. The maximum Gasteiger partial charge on any atom is 0.217 e. The number of fused-ring (bicyclic) bond motifs is 1. The van der Waals surface area contributed by atoms with E-state index in [1.54, 1.807) is 6.92 Å². The molecule has 2 aromatic heterocycles. The van der Waals surface area contributed by atoms with E-state index in [1.165, 1.54) is 0 Å². The maximum atomic E-state index is 11.2. The van der Waals surface area contributed by atoms with Crippen LogP contribution < -0.4 is 10.2 Å². The molecule has 118 valence electrons. The molecular weight excluding hydrogens is 278 g/mol. The number of aromatic nitrogens is 3. The number of nitrogens with one attached hydrogen (secondary N) is 1. The number of amides is 1. The van der Waals surface area contributed by atoms with Crippen LogP contribution >= 0.6 is 0 Å². The van der Waals surface area contributed by atoms with Crippen molar-refractivity contribution in [3.05, 3.63) is 23.0 Å². The first-order chi connectivity index (χ1) is 10.5. The van der Waals surface area contributed by atoms with Gasteiger partial charge in [-0.15, -0.1) is 0 Å². The van der Waals surface area contributed by atoms with Crippen molar-refractivity contribution in [2.24, 2.45) is 0 Å². The molecule has 0 bridgehead atoms. The molecule has 1 aliphatic heterocycles. The molecule has 0 radical (unpaired) electrons. The smallest absolute Gasteiger partial charge is 0.217 e. The fraction of sp³-hybridized carbons (Fsp3) is 0.562. The highest BCUT2D eigenvalue weighted by Crippen LogP contribution is 2.24. The van der Waals surface area contributed by atoms with Crippen LogP contribution in [-0.4, -0.2) is 39.6 Å². The first kappa shape index (κ1) is 14.8. The molecule has 1 fully saturated rings. The predicted molar refractivity (Wildman–Crippen MR) is 86.3 cm³/mol. The van der Waals surface area contributed by atoms with Gasteiger partial charge in [0, 0.05) is 43.4 Å². The maximum absolute atomic E-state index is 11.2. The Balaban J connectivity index is 1.99. The molecule has 0 aliphatic carbocycles. The normalized spacial score (nSPS) is 18.2. The van der Waals surface area contributed by atoms with Crippen molar-refractivity contribution in [2.45, 2.75) is 46.6 Å². The Morgan fingerprint density at radius 1 is 1.45 bits per heavy atom. The molecule has 0 spiro atoms. The minimum atomic E-state index is 0.0340. The van der Waals surface area contributed by atoms with E-state index in [9.17, 15) is 4.79 Å². The van der Waals surface area contributed by atoms with Gasteiger partial charge in [0.2, 0.25) is 5.91 Å². The molecule has 3 heterocycles. The van der Waals surface area contributed by atoms with Crippen molar-refractivity contribution in [3.8, 4) is 0 Å². The van der Waals surface area contributed by atoms with Crippen LogP contribution in [0.3, 0.4) is 0 Å². The van der Waals surface area contributed by atoms with Crippen molar-refractivity contribution in [2.75, 3.05) is 18.0 Å². The second-order valence-corrected chi connectivity index (χ2v) is 6.04. The topological polar surface area (TPSA) is 62.5 Å². The Hall–Kier alpha value is -2.11. The average Bonchev–Trinajstić information content (AvgIpc) is 3.04. The summed E-state index contributed by atoms with van der Waals surface area (Å²) in [5.41, 5.74) is 4.16.